The fraction of sp³-hybridized carbons (Fsp3) is 0.409. The molecule has 25 heavy (non-hydrogen) atoms. The molecule has 0 amide bonds. The fourth-order valence-corrected chi connectivity index (χ4v) is 2.44. The number of rotatable bonds is 9. The molecular formula is C22H28O3. The Morgan fingerprint density at radius 1 is 1.08 bits per heavy atom. The number of hydrogen-bond acceptors (Lipinski definition) is 3. The van der Waals surface area contributed by atoms with Crippen molar-refractivity contribution in [1.29, 1.82) is 0 Å². The molecule has 0 heterocycles. The molecule has 2 aromatic rings. The van der Waals surface area contributed by atoms with Gasteiger partial charge in [0.15, 0.2) is 0 Å². The van der Waals surface area contributed by atoms with E-state index in [9.17, 15) is 4.79 Å². The van der Waals surface area contributed by atoms with Gasteiger partial charge in [-0.3, -0.25) is 4.79 Å². The van der Waals surface area contributed by atoms with Crippen molar-refractivity contribution in [2.75, 3.05) is 6.61 Å². The van der Waals surface area contributed by atoms with Crippen molar-refractivity contribution in [3.8, 4) is 5.75 Å². The summed E-state index contributed by atoms with van der Waals surface area (Å²) in [6.45, 7) is 7.46. The topological polar surface area (TPSA) is 35.5 Å². The number of hydrogen-bond donors (Lipinski definition) is 0. The van der Waals surface area contributed by atoms with E-state index in [2.05, 4.69) is 13.8 Å². The molecule has 2 rings (SSSR count). The van der Waals surface area contributed by atoms with Crippen molar-refractivity contribution in [2.24, 2.45) is 5.92 Å². The Labute approximate surface area is 151 Å². The zero-order chi connectivity index (χ0) is 18.1. The molecule has 0 aliphatic rings. The Hall–Kier alpha value is -2.29. The van der Waals surface area contributed by atoms with Crippen LogP contribution in [0.3, 0.4) is 0 Å². The Bertz CT molecular complexity index is 661. The largest absolute Gasteiger partial charge is 0.494 e. The lowest BCUT2D eigenvalue weighted by atomic mass is 10.1. The molecule has 0 spiro atoms. The minimum absolute atomic E-state index is 0.205. The summed E-state index contributed by atoms with van der Waals surface area (Å²) in [4.78, 5) is 12.0. The number of esters is 1. The maximum absolute atomic E-state index is 12.0. The molecular weight excluding hydrogens is 312 g/mol. The SMILES string of the molecule is CCC(C)CCOc1ccc(COC(=O)Cc2ccccc2C)cc1. The monoisotopic (exact) mass is 340 g/mol. The van der Waals surface area contributed by atoms with E-state index in [0.29, 0.717) is 12.3 Å². The van der Waals surface area contributed by atoms with Gasteiger partial charge in [-0.05, 0) is 48.1 Å². The molecule has 0 aliphatic carbocycles. The summed E-state index contributed by atoms with van der Waals surface area (Å²) in [6, 6.07) is 15.6. The predicted octanol–water partition coefficient (Wildman–Crippen LogP) is 5.10. The summed E-state index contributed by atoms with van der Waals surface area (Å²) in [5.74, 6) is 1.34. The number of benzene rings is 2. The Kier molecular flexibility index (Phi) is 7.52. The second-order valence-corrected chi connectivity index (χ2v) is 6.56. The van der Waals surface area contributed by atoms with Crippen LogP contribution in [0.15, 0.2) is 48.5 Å². The highest BCUT2D eigenvalue weighted by Crippen LogP contribution is 2.15. The molecule has 0 radical (unpaired) electrons. The molecule has 3 nitrogen and oxygen atoms in total. The van der Waals surface area contributed by atoms with Crippen LogP contribution >= 0.6 is 0 Å². The van der Waals surface area contributed by atoms with Gasteiger partial charge < -0.3 is 9.47 Å². The van der Waals surface area contributed by atoms with Gasteiger partial charge in [-0.2, -0.15) is 0 Å². The van der Waals surface area contributed by atoms with Crippen molar-refractivity contribution in [3.63, 3.8) is 0 Å². The molecule has 0 aromatic heterocycles. The maximum Gasteiger partial charge on any atom is 0.310 e. The van der Waals surface area contributed by atoms with Gasteiger partial charge in [0.25, 0.3) is 0 Å². The van der Waals surface area contributed by atoms with Crippen molar-refractivity contribution in [2.45, 2.75) is 46.6 Å². The molecule has 2 aromatic carbocycles. The summed E-state index contributed by atoms with van der Waals surface area (Å²) in [6.07, 6.45) is 2.55. The molecule has 0 fully saturated rings. The first-order chi connectivity index (χ1) is 12.1. The van der Waals surface area contributed by atoms with Gasteiger partial charge in [0, 0.05) is 0 Å². The lowest BCUT2D eigenvalue weighted by Crippen LogP contribution is -2.09. The van der Waals surface area contributed by atoms with Crippen LogP contribution in [-0.2, 0) is 22.6 Å². The minimum atomic E-state index is -0.205. The van der Waals surface area contributed by atoms with E-state index in [1.165, 1.54) is 6.42 Å². The van der Waals surface area contributed by atoms with Crippen LogP contribution in [0.4, 0.5) is 0 Å². The lowest BCUT2D eigenvalue weighted by molar-refractivity contribution is -0.144. The second kappa shape index (κ2) is 9.87. The van der Waals surface area contributed by atoms with Crippen molar-refractivity contribution in [1.82, 2.24) is 0 Å². The van der Waals surface area contributed by atoms with E-state index >= 15 is 0 Å². The summed E-state index contributed by atoms with van der Waals surface area (Å²) in [5, 5.41) is 0. The predicted molar refractivity (Wildman–Crippen MR) is 101 cm³/mol. The van der Waals surface area contributed by atoms with E-state index in [0.717, 1.165) is 35.5 Å². The highest BCUT2D eigenvalue weighted by Gasteiger charge is 2.07. The smallest absolute Gasteiger partial charge is 0.310 e. The quantitative estimate of drug-likeness (QED) is 0.596. The molecule has 0 saturated heterocycles. The van der Waals surface area contributed by atoms with Gasteiger partial charge in [-0.1, -0.05) is 56.7 Å². The molecule has 1 atom stereocenters. The van der Waals surface area contributed by atoms with E-state index in [1.54, 1.807) is 0 Å². The first kappa shape index (κ1) is 19.0. The third-order valence-corrected chi connectivity index (χ3v) is 4.50. The Morgan fingerprint density at radius 3 is 2.48 bits per heavy atom. The van der Waals surface area contributed by atoms with Gasteiger partial charge in [-0.25, -0.2) is 0 Å². The first-order valence-electron chi connectivity index (χ1n) is 9.00. The zero-order valence-electron chi connectivity index (χ0n) is 15.5. The lowest BCUT2D eigenvalue weighted by Gasteiger charge is -2.11. The van der Waals surface area contributed by atoms with Gasteiger partial charge in [-0.15, -0.1) is 0 Å². The van der Waals surface area contributed by atoms with E-state index in [-0.39, 0.29) is 12.6 Å². The number of ether oxygens (including phenoxy) is 2. The normalized spacial score (nSPS) is 11.8. The Morgan fingerprint density at radius 2 is 1.80 bits per heavy atom. The van der Waals surface area contributed by atoms with Gasteiger partial charge in [0.1, 0.15) is 12.4 Å². The van der Waals surface area contributed by atoms with Crippen LogP contribution in [0.5, 0.6) is 5.75 Å². The second-order valence-electron chi connectivity index (χ2n) is 6.56. The Balaban J connectivity index is 1.75. The molecule has 0 aliphatic heterocycles. The van der Waals surface area contributed by atoms with Crippen LogP contribution in [0.1, 0.15) is 43.4 Å². The first-order valence-corrected chi connectivity index (χ1v) is 9.00. The van der Waals surface area contributed by atoms with Crippen LogP contribution < -0.4 is 4.74 Å². The van der Waals surface area contributed by atoms with Crippen LogP contribution in [0.25, 0.3) is 0 Å². The zero-order valence-corrected chi connectivity index (χ0v) is 15.5. The van der Waals surface area contributed by atoms with Gasteiger partial charge in [0.05, 0.1) is 13.0 Å². The number of aryl methyl sites for hydroxylation is 1. The summed E-state index contributed by atoms with van der Waals surface area (Å²) < 4.78 is 11.1. The maximum atomic E-state index is 12.0. The summed E-state index contributed by atoms with van der Waals surface area (Å²) in [5.41, 5.74) is 3.09. The van der Waals surface area contributed by atoms with Crippen LogP contribution in [0, 0.1) is 12.8 Å². The van der Waals surface area contributed by atoms with E-state index in [4.69, 9.17) is 9.47 Å². The number of carbonyl (C=O) groups excluding carboxylic acids is 1. The minimum Gasteiger partial charge on any atom is -0.494 e. The van der Waals surface area contributed by atoms with Crippen LogP contribution in [-0.4, -0.2) is 12.6 Å². The van der Waals surface area contributed by atoms with Crippen LogP contribution in [0.2, 0.25) is 0 Å². The number of carbonyl (C=O) groups is 1. The third kappa shape index (κ3) is 6.61. The van der Waals surface area contributed by atoms with Gasteiger partial charge in [0.2, 0.25) is 0 Å². The molecule has 0 N–H and O–H groups in total. The molecule has 1 unspecified atom stereocenters. The van der Waals surface area contributed by atoms with Crippen molar-refractivity contribution >= 4 is 5.97 Å². The molecule has 0 bridgehead atoms. The summed E-state index contributed by atoms with van der Waals surface area (Å²) >= 11 is 0. The van der Waals surface area contributed by atoms with Gasteiger partial charge >= 0.3 is 5.97 Å². The highest BCUT2D eigenvalue weighted by molar-refractivity contribution is 5.73. The average molecular weight is 340 g/mol. The summed E-state index contributed by atoms with van der Waals surface area (Å²) in [7, 11) is 0. The highest BCUT2D eigenvalue weighted by atomic mass is 16.5. The van der Waals surface area contributed by atoms with E-state index < -0.39 is 0 Å². The molecule has 134 valence electrons. The average Bonchev–Trinajstić information content (AvgIpc) is 2.63. The van der Waals surface area contributed by atoms with Crippen molar-refractivity contribution in [3.05, 3.63) is 65.2 Å². The molecule has 3 heteroatoms. The standard InChI is InChI=1S/C22H28O3/c1-4-17(2)13-14-24-21-11-9-19(10-12-21)16-25-22(23)15-20-8-6-5-7-18(20)3/h5-12,17H,4,13-16H2,1-3H3. The van der Waals surface area contributed by atoms with E-state index in [1.807, 2.05) is 55.5 Å². The fourth-order valence-electron chi connectivity index (χ4n) is 2.44. The third-order valence-electron chi connectivity index (χ3n) is 4.50. The van der Waals surface area contributed by atoms with Crippen molar-refractivity contribution < 1.29 is 14.3 Å². The molecule has 0 saturated carbocycles.